The van der Waals surface area contributed by atoms with E-state index in [1.807, 2.05) is 6.07 Å². The quantitative estimate of drug-likeness (QED) is 0.694. The van der Waals surface area contributed by atoms with E-state index >= 15 is 0 Å². The molecule has 29 heavy (non-hydrogen) atoms. The number of hydrogen-bond donors (Lipinski definition) is 2. The highest BCUT2D eigenvalue weighted by Gasteiger charge is 2.24. The summed E-state index contributed by atoms with van der Waals surface area (Å²) in [4.78, 5) is 27.2. The lowest BCUT2D eigenvalue weighted by Crippen LogP contribution is -2.44. The number of carbonyl (C=O) groups excluding carboxylic acids is 1. The lowest BCUT2D eigenvalue weighted by atomic mass is 10.0. The molecule has 4 rings (SSSR count). The van der Waals surface area contributed by atoms with Crippen molar-refractivity contribution in [3.8, 4) is 0 Å². The van der Waals surface area contributed by atoms with Gasteiger partial charge in [0.1, 0.15) is 0 Å². The lowest BCUT2D eigenvalue weighted by Gasteiger charge is -2.35. The van der Waals surface area contributed by atoms with Crippen molar-refractivity contribution in [2.45, 2.75) is 13.0 Å². The van der Waals surface area contributed by atoms with Crippen molar-refractivity contribution in [3.63, 3.8) is 0 Å². The first-order valence-electron chi connectivity index (χ1n) is 9.77. The van der Waals surface area contributed by atoms with Gasteiger partial charge in [0.05, 0.1) is 24.6 Å². The maximum absolute atomic E-state index is 12.9. The fraction of sp³-hybridized carbons (Fsp3) is 0.318. The molecule has 7 nitrogen and oxygen atoms in total. The summed E-state index contributed by atoms with van der Waals surface area (Å²) in [7, 11) is 0. The summed E-state index contributed by atoms with van der Waals surface area (Å²) in [5, 5.41) is 10.4. The minimum Gasteiger partial charge on any atom is -0.379 e. The second kappa shape index (κ2) is 8.55. The number of aryl methyl sites for hydroxylation is 1. The number of aromatic nitrogens is 2. The van der Waals surface area contributed by atoms with Crippen LogP contribution in [0.5, 0.6) is 0 Å². The molecule has 1 fully saturated rings. The van der Waals surface area contributed by atoms with Crippen LogP contribution in [0.25, 0.3) is 10.8 Å². The van der Waals surface area contributed by atoms with Gasteiger partial charge in [-0.15, -0.1) is 0 Å². The van der Waals surface area contributed by atoms with Crippen LogP contribution in [0, 0.1) is 6.92 Å². The number of aromatic amines is 1. The SMILES string of the molecule is Cc1cccc(C(CNC(=O)c2n[nH]c(=O)c3ccccc23)N2CCOCC2)c1. The van der Waals surface area contributed by atoms with Crippen LogP contribution in [0.3, 0.4) is 0 Å². The molecule has 7 heteroatoms. The Hall–Kier alpha value is -3.03. The number of nitrogens with one attached hydrogen (secondary N) is 2. The topological polar surface area (TPSA) is 87.3 Å². The van der Waals surface area contributed by atoms with Gasteiger partial charge in [-0.25, -0.2) is 5.10 Å². The summed E-state index contributed by atoms with van der Waals surface area (Å²) in [5.41, 5.74) is 2.26. The van der Waals surface area contributed by atoms with Gasteiger partial charge in [0.25, 0.3) is 11.5 Å². The molecule has 1 aliphatic heterocycles. The van der Waals surface area contributed by atoms with Gasteiger partial charge in [-0.2, -0.15) is 5.10 Å². The van der Waals surface area contributed by atoms with Gasteiger partial charge >= 0.3 is 0 Å². The van der Waals surface area contributed by atoms with Crippen LogP contribution in [-0.2, 0) is 4.74 Å². The number of ether oxygens (including phenoxy) is 1. The van der Waals surface area contributed by atoms with Crippen molar-refractivity contribution >= 4 is 16.7 Å². The maximum Gasteiger partial charge on any atom is 0.272 e. The molecule has 2 aromatic carbocycles. The van der Waals surface area contributed by atoms with Gasteiger partial charge in [0.2, 0.25) is 0 Å². The number of H-pyrrole nitrogens is 1. The molecular formula is C22H24N4O3. The molecule has 0 spiro atoms. The minimum atomic E-state index is -0.303. The molecule has 1 unspecified atom stereocenters. The fourth-order valence-electron chi connectivity index (χ4n) is 3.79. The molecule has 0 saturated carbocycles. The largest absolute Gasteiger partial charge is 0.379 e. The summed E-state index contributed by atoms with van der Waals surface area (Å²) < 4.78 is 5.49. The monoisotopic (exact) mass is 392 g/mol. The molecule has 1 aliphatic rings. The normalized spacial score (nSPS) is 15.9. The number of amides is 1. The molecule has 2 heterocycles. The van der Waals surface area contributed by atoms with Gasteiger partial charge < -0.3 is 10.1 Å². The van der Waals surface area contributed by atoms with Crippen molar-refractivity contribution < 1.29 is 9.53 Å². The molecule has 0 radical (unpaired) electrons. The first-order chi connectivity index (χ1) is 14.1. The van der Waals surface area contributed by atoms with E-state index in [1.165, 1.54) is 5.56 Å². The molecule has 1 atom stereocenters. The molecule has 3 aromatic rings. The van der Waals surface area contributed by atoms with E-state index in [2.05, 4.69) is 45.5 Å². The molecule has 1 amide bonds. The number of fused-ring (bicyclic) bond motifs is 1. The number of nitrogens with zero attached hydrogens (tertiary/aromatic N) is 2. The zero-order valence-electron chi connectivity index (χ0n) is 16.4. The first kappa shape index (κ1) is 19.3. The Morgan fingerprint density at radius 3 is 2.69 bits per heavy atom. The van der Waals surface area contributed by atoms with Crippen molar-refractivity contribution in [2.75, 3.05) is 32.8 Å². The number of morpholine rings is 1. The number of benzene rings is 2. The van der Waals surface area contributed by atoms with Crippen molar-refractivity contribution in [3.05, 3.63) is 75.7 Å². The van der Waals surface area contributed by atoms with Crippen LogP contribution >= 0.6 is 0 Å². The highest BCUT2D eigenvalue weighted by molar-refractivity contribution is 6.04. The van der Waals surface area contributed by atoms with Gasteiger partial charge in [-0.05, 0) is 18.6 Å². The van der Waals surface area contributed by atoms with Crippen molar-refractivity contribution in [2.24, 2.45) is 0 Å². The van der Waals surface area contributed by atoms with Crippen LogP contribution in [0.1, 0.15) is 27.7 Å². The summed E-state index contributed by atoms with van der Waals surface area (Å²) in [6, 6.07) is 15.4. The Labute approximate surface area is 168 Å². The second-order valence-electron chi connectivity index (χ2n) is 7.24. The number of rotatable bonds is 5. The van der Waals surface area contributed by atoms with Gasteiger partial charge in [-0.1, -0.05) is 48.0 Å². The Bertz CT molecular complexity index is 1070. The van der Waals surface area contributed by atoms with E-state index < -0.39 is 0 Å². The number of hydrogen-bond acceptors (Lipinski definition) is 5. The van der Waals surface area contributed by atoms with Crippen LogP contribution in [0.4, 0.5) is 0 Å². The zero-order valence-corrected chi connectivity index (χ0v) is 16.4. The van der Waals surface area contributed by atoms with Crippen LogP contribution in [0.2, 0.25) is 0 Å². The molecule has 1 saturated heterocycles. The van der Waals surface area contributed by atoms with Crippen molar-refractivity contribution in [1.29, 1.82) is 0 Å². The predicted molar refractivity (Wildman–Crippen MR) is 111 cm³/mol. The zero-order chi connectivity index (χ0) is 20.2. The molecule has 1 aromatic heterocycles. The van der Waals surface area contributed by atoms with E-state index in [-0.39, 0.29) is 23.2 Å². The molecule has 0 aliphatic carbocycles. The Morgan fingerprint density at radius 1 is 1.17 bits per heavy atom. The van der Waals surface area contributed by atoms with Crippen molar-refractivity contribution in [1.82, 2.24) is 20.4 Å². The Kier molecular flexibility index (Phi) is 5.69. The Morgan fingerprint density at radius 2 is 1.93 bits per heavy atom. The highest BCUT2D eigenvalue weighted by atomic mass is 16.5. The predicted octanol–water partition coefficient (Wildman–Crippen LogP) is 2.03. The van der Waals surface area contributed by atoms with Gasteiger partial charge in [0, 0.05) is 25.0 Å². The third-order valence-corrected chi connectivity index (χ3v) is 5.28. The van der Waals surface area contributed by atoms with Crippen LogP contribution in [-0.4, -0.2) is 53.9 Å². The summed E-state index contributed by atoms with van der Waals surface area (Å²) in [5.74, 6) is -0.302. The fourth-order valence-corrected chi connectivity index (χ4v) is 3.79. The van der Waals surface area contributed by atoms with Gasteiger partial charge in [0.15, 0.2) is 5.69 Å². The number of carbonyl (C=O) groups is 1. The Balaban J connectivity index is 1.58. The van der Waals surface area contributed by atoms with Gasteiger partial charge in [-0.3, -0.25) is 14.5 Å². The standard InChI is InChI=1S/C22H24N4O3/c1-15-5-4-6-16(13-15)19(26-9-11-29-12-10-26)14-23-22(28)20-17-7-2-3-8-18(17)21(27)25-24-20/h2-8,13,19H,9-12,14H2,1H3,(H,23,28)(H,25,27). The molecular weight excluding hydrogens is 368 g/mol. The van der Waals surface area contributed by atoms with E-state index in [9.17, 15) is 9.59 Å². The summed E-state index contributed by atoms with van der Waals surface area (Å²) >= 11 is 0. The summed E-state index contributed by atoms with van der Waals surface area (Å²) in [6.07, 6.45) is 0. The average Bonchev–Trinajstić information content (AvgIpc) is 2.75. The van der Waals surface area contributed by atoms with E-state index in [0.717, 1.165) is 18.7 Å². The summed E-state index contributed by atoms with van der Waals surface area (Å²) in [6.45, 7) is 5.50. The van der Waals surface area contributed by atoms with E-state index in [4.69, 9.17) is 4.74 Å². The maximum atomic E-state index is 12.9. The highest BCUT2D eigenvalue weighted by Crippen LogP contribution is 2.22. The molecule has 150 valence electrons. The van der Waals surface area contributed by atoms with E-state index in [1.54, 1.807) is 24.3 Å². The second-order valence-corrected chi connectivity index (χ2v) is 7.24. The van der Waals surface area contributed by atoms with E-state index in [0.29, 0.717) is 30.5 Å². The third kappa shape index (κ3) is 4.21. The minimum absolute atomic E-state index is 0.0387. The first-order valence-corrected chi connectivity index (χ1v) is 9.77. The average molecular weight is 392 g/mol. The molecule has 0 bridgehead atoms. The smallest absolute Gasteiger partial charge is 0.272 e. The van der Waals surface area contributed by atoms with Crippen LogP contribution in [0.15, 0.2) is 53.3 Å². The van der Waals surface area contributed by atoms with Crippen LogP contribution < -0.4 is 10.9 Å². The lowest BCUT2D eigenvalue weighted by molar-refractivity contribution is 0.0162. The third-order valence-electron chi connectivity index (χ3n) is 5.28. The molecule has 2 N–H and O–H groups in total.